The maximum atomic E-state index is 13.2. The highest BCUT2D eigenvalue weighted by atomic mass is 16.5. The van der Waals surface area contributed by atoms with E-state index in [9.17, 15) is 4.79 Å². The van der Waals surface area contributed by atoms with Gasteiger partial charge >= 0.3 is 0 Å². The van der Waals surface area contributed by atoms with Crippen molar-refractivity contribution in [2.24, 2.45) is 0 Å². The predicted molar refractivity (Wildman–Crippen MR) is 118 cm³/mol. The fraction of sp³-hybridized carbons (Fsp3) is 0.333. The molecule has 1 fully saturated rings. The average molecular weight is 421 g/mol. The molecular formula is C24H27N3O4. The number of methoxy groups -OCH3 is 3. The molecule has 1 unspecified atom stereocenters. The number of hydrogen-bond acceptors (Lipinski definition) is 5. The Labute approximate surface area is 182 Å². The normalized spacial score (nSPS) is 15.7. The molecule has 0 saturated carbocycles. The Kier molecular flexibility index (Phi) is 5.84. The summed E-state index contributed by atoms with van der Waals surface area (Å²) in [6.45, 7) is 3.25. The van der Waals surface area contributed by atoms with Crippen LogP contribution in [0.3, 0.4) is 0 Å². The second kappa shape index (κ2) is 8.71. The number of imidazole rings is 1. The number of carbonyl (C=O) groups excluding carboxylic acids is 1. The van der Waals surface area contributed by atoms with Gasteiger partial charge in [0.25, 0.3) is 5.91 Å². The molecule has 2 aromatic carbocycles. The summed E-state index contributed by atoms with van der Waals surface area (Å²) in [5, 5.41) is 0. The summed E-state index contributed by atoms with van der Waals surface area (Å²) in [4.78, 5) is 19.4. The fourth-order valence-electron chi connectivity index (χ4n) is 4.12. The van der Waals surface area contributed by atoms with Crippen LogP contribution in [0.1, 0.15) is 34.0 Å². The van der Waals surface area contributed by atoms with Crippen LogP contribution in [0.5, 0.6) is 17.2 Å². The van der Waals surface area contributed by atoms with Crippen molar-refractivity contribution >= 4 is 5.91 Å². The largest absolute Gasteiger partial charge is 0.497 e. The van der Waals surface area contributed by atoms with E-state index in [-0.39, 0.29) is 11.8 Å². The first-order valence-electron chi connectivity index (χ1n) is 10.2. The molecule has 1 aliphatic rings. The Balaban J connectivity index is 1.55. The van der Waals surface area contributed by atoms with Crippen molar-refractivity contribution in [2.45, 2.75) is 19.3 Å². The number of nitrogens with zero attached hydrogens (tertiary/aromatic N) is 3. The summed E-state index contributed by atoms with van der Waals surface area (Å²) in [5.41, 5.74) is 3.44. The first-order valence-corrected chi connectivity index (χ1v) is 10.2. The molecule has 4 rings (SSSR count). The van der Waals surface area contributed by atoms with Gasteiger partial charge in [0.05, 0.1) is 39.0 Å². The third-order valence-electron chi connectivity index (χ3n) is 5.77. The fourth-order valence-corrected chi connectivity index (χ4v) is 4.12. The van der Waals surface area contributed by atoms with Crippen LogP contribution >= 0.6 is 0 Å². The first kappa shape index (κ1) is 20.8. The highest BCUT2D eigenvalue weighted by molar-refractivity contribution is 5.95. The van der Waals surface area contributed by atoms with E-state index in [0.29, 0.717) is 24.4 Å². The van der Waals surface area contributed by atoms with Gasteiger partial charge < -0.3 is 23.7 Å². The molecule has 3 aromatic rings. The molecule has 1 saturated heterocycles. The predicted octanol–water partition coefficient (Wildman–Crippen LogP) is 3.84. The molecule has 0 N–H and O–H groups in total. The number of ether oxygens (including phenoxy) is 3. The second-order valence-electron chi connectivity index (χ2n) is 7.65. The van der Waals surface area contributed by atoms with Crippen LogP contribution in [0.15, 0.2) is 48.9 Å². The minimum Gasteiger partial charge on any atom is -0.497 e. The molecule has 1 amide bonds. The lowest BCUT2D eigenvalue weighted by molar-refractivity contribution is 0.0790. The zero-order valence-corrected chi connectivity index (χ0v) is 18.3. The van der Waals surface area contributed by atoms with Crippen molar-refractivity contribution in [3.8, 4) is 22.9 Å². The van der Waals surface area contributed by atoms with Crippen LogP contribution in [0.25, 0.3) is 5.69 Å². The molecule has 2 heterocycles. The number of carbonyl (C=O) groups is 1. The van der Waals surface area contributed by atoms with Gasteiger partial charge in [-0.15, -0.1) is 0 Å². The number of rotatable bonds is 6. The number of likely N-dealkylation sites (tertiary alicyclic amines) is 1. The van der Waals surface area contributed by atoms with E-state index >= 15 is 0 Å². The van der Waals surface area contributed by atoms with Gasteiger partial charge in [-0.3, -0.25) is 4.79 Å². The van der Waals surface area contributed by atoms with Crippen LogP contribution < -0.4 is 14.2 Å². The van der Waals surface area contributed by atoms with Crippen molar-refractivity contribution in [2.75, 3.05) is 34.4 Å². The minimum atomic E-state index is -0.00368. The maximum absolute atomic E-state index is 13.2. The van der Waals surface area contributed by atoms with Crippen LogP contribution in [-0.2, 0) is 0 Å². The van der Waals surface area contributed by atoms with Gasteiger partial charge in [0, 0.05) is 36.3 Å². The molecule has 1 aliphatic heterocycles. The van der Waals surface area contributed by atoms with E-state index in [1.807, 2.05) is 52.9 Å². The third kappa shape index (κ3) is 4.08. The Morgan fingerprint density at radius 1 is 1.03 bits per heavy atom. The monoisotopic (exact) mass is 421 g/mol. The summed E-state index contributed by atoms with van der Waals surface area (Å²) in [7, 11) is 4.93. The smallest absolute Gasteiger partial charge is 0.254 e. The number of hydrogen-bond donors (Lipinski definition) is 0. The van der Waals surface area contributed by atoms with Crippen molar-refractivity contribution in [1.29, 1.82) is 0 Å². The topological polar surface area (TPSA) is 65.8 Å². The van der Waals surface area contributed by atoms with E-state index in [4.69, 9.17) is 14.2 Å². The summed E-state index contributed by atoms with van der Waals surface area (Å²) >= 11 is 0. The molecule has 31 heavy (non-hydrogen) atoms. The quantitative estimate of drug-likeness (QED) is 0.605. The van der Waals surface area contributed by atoms with Gasteiger partial charge in [0.15, 0.2) is 0 Å². The molecule has 162 valence electrons. The molecule has 0 bridgehead atoms. The Bertz CT molecular complexity index is 1090. The van der Waals surface area contributed by atoms with E-state index in [0.717, 1.165) is 34.9 Å². The standard InChI is InChI=1S/C24H27N3O4/c1-16-13-27(15-25-16)21-7-5-17(11-23(21)31-4)24(28)26-10-9-18(14-26)20-12-19(29-2)6-8-22(20)30-3/h5-8,11-13,15,18H,9-10,14H2,1-4H3. The lowest BCUT2D eigenvalue weighted by Gasteiger charge is -2.19. The van der Waals surface area contributed by atoms with Crippen LogP contribution in [-0.4, -0.2) is 54.8 Å². The Morgan fingerprint density at radius 2 is 1.84 bits per heavy atom. The summed E-state index contributed by atoms with van der Waals surface area (Å²) < 4.78 is 18.4. The summed E-state index contributed by atoms with van der Waals surface area (Å²) in [6, 6.07) is 11.3. The molecule has 7 heteroatoms. The molecule has 0 radical (unpaired) electrons. The van der Waals surface area contributed by atoms with Crippen molar-refractivity contribution < 1.29 is 19.0 Å². The highest BCUT2D eigenvalue weighted by Crippen LogP contribution is 2.36. The van der Waals surface area contributed by atoms with Gasteiger partial charge in [-0.05, 0) is 49.7 Å². The number of aromatic nitrogens is 2. The summed E-state index contributed by atoms with van der Waals surface area (Å²) in [5.74, 6) is 2.44. The Hall–Kier alpha value is -3.48. The van der Waals surface area contributed by atoms with Crippen LogP contribution in [0.2, 0.25) is 0 Å². The van der Waals surface area contributed by atoms with Gasteiger partial charge in [-0.2, -0.15) is 0 Å². The molecule has 1 aromatic heterocycles. The zero-order chi connectivity index (χ0) is 22.0. The Morgan fingerprint density at radius 3 is 2.52 bits per heavy atom. The lowest BCUT2D eigenvalue weighted by atomic mass is 9.97. The second-order valence-corrected chi connectivity index (χ2v) is 7.65. The van der Waals surface area contributed by atoms with Crippen molar-refractivity contribution in [3.05, 3.63) is 65.7 Å². The SMILES string of the molecule is COc1ccc(OC)c(C2CCN(C(=O)c3ccc(-n4cnc(C)c4)c(OC)c3)C2)c1. The van der Waals surface area contributed by atoms with E-state index in [2.05, 4.69) is 4.98 Å². The van der Waals surface area contributed by atoms with Crippen LogP contribution in [0, 0.1) is 6.92 Å². The van der Waals surface area contributed by atoms with Crippen molar-refractivity contribution in [3.63, 3.8) is 0 Å². The molecular weight excluding hydrogens is 394 g/mol. The average Bonchev–Trinajstić information content (AvgIpc) is 3.47. The molecule has 7 nitrogen and oxygen atoms in total. The number of aryl methyl sites for hydroxylation is 1. The van der Waals surface area contributed by atoms with Gasteiger partial charge in [-0.25, -0.2) is 4.98 Å². The molecule has 0 aliphatic carbocycles. The lowest BCUT2D eigenvalue weighted by Crippen LogP contribution is -2.28. The molecule has 1 atom stereocenters. The van der Waals surface area contributed by atoms with Gasteiger partial charge in [0.1, 0.15) is 17.2 Å². The number of amides is 1. The van der Waals surface area contributed by atoms with Gasteiger partial charge in [-0.1, -0.05) is 0 Å². The molecule has 0 spiro atoms. The maximum Gasteiger partial charge on any atom is 0.254 e. The summed E-state index contributed by atoms with van der Waals surface area (Å²) in [6.07, 6.45) is 4.53. The van der Waals surface area contributed by atoms with Crippen molar-refractivity contribution in [1.82, 2.24) is 14.5 Å². The highest BCUT2D eigenvalue weighted by Gasteiger charge is 2.30. The zero-order valence-electron chi connectivity index (χ0n) is 18.3. The first-order chi connectivity index (χ1) is 15.0. The third-order valence-corrected chi connectivity index (χ3v) is 5.77. The minimum absolute atomic E-state index is 0.00368. The van der Waals surface area contributed by atoms with E-state index < -0.39 is 0 Å². The van der Waals surface area contributed by atoms with E-state index in [1.54, 1.807) is 33.7 Å². The van der Waals surface area contributed by atoms with E-state index in [1.165, 1.54) is 0 Å². The van der Waals surface area contributed by atoms with Gasteiger partial charge in [0.2, 0.25) is 0 Å². The number of benzene rings is 2. The van der Waals surface area contributed by atoms with Crippen LogP contribution in [0.4, 0.5) is 0 Å².